The maximum Gasteiger partial charge on any atom is 0.251 e. The van der Waals surface area contributed by atoms with Gasteiger partial charge in [0.25, 0.3) is 5.91 Å². The zero-order valence-corrected chi connectivity index (χ0v) is 23.2. The number of fused-ring (bicyclic) bond motifs is 1. The van der Waals surface area contributed by atoms with E-state index in [-0.39, 0.29) is 5.91 Å². The highest BCUT2D eigenvalue weighted by molar-refractivity contribution is 7.22. The van der Waals surface area contributed by atoms with E-state index in [1.54, 1.807) is 23.5 Å². The molecule has 1 aliphatic heterocycles. The van der Waals surface area contributed by atoms with Gasteiger partial charge in [0.15, 0.2) is 16.6 Å². The maximum atomic E-state index is 12.9. The van der Waals surface area contributed by atoms with E-state index in [0.29, 0.717) is 49.2 Å². The highest BCUT2D eigenvalue weighted by Gasteiger charge is 2.21. The quantitative estimate of drug-likeness (QED) is 0.369. The van der Waals surface area contributed by atoms with Crippen molar-refractivity contribution in [3.05, 3.63) is 41.5 Å². The first-order valence-electron chi connectivity index (χ1n) is 13.3. The molecule has 1 amide bonds. The molecule has 1 fully saturated rings. The number of aryl methyl sites for hydroxylation is 1. The molecule has 0 saturated carbocycles. The summed E-state index contributed by atoms with van der Waals surface area (Å²) in [5.41, 5.74) is 2.93. The topological polar surface area (TPSA) is 76.2 Å². The SMILES string of the molecule is CCOc1cc(C(=O)NCCN2CCN(c3nc4ccc(CC)cc4s3)CC2)cc(OCC)c1OCC. The van der Waals surface area contributed by atoms with Crippen molar-refractivity contribution >= 4 is 32.6 Å². The van der Waals surface area contributed by atoms with Crippen LogP contribution in [0.25, 0.3) is 10.2 Å². The maximum absolute atomic E-state index is 12.9. The number of nitrogens with zero attached hydrogens (tertiary/aromatic N) is 3. The fraction of sp³-hybridized carbons (Fsp3) is 0.500. The second-order valence-corrected chi connectivity index (χ2v) is 9.85. The van der Waals surface area contributed by atoms with Crippen LogP contribution < -0.4 is 24.4 Å². The first-order chi connectivity index (χ1) is 18.1. The molecule has 0 radical (unpaired) electrons. The van der Waals surface area contributed by atoms with E-state index in [0.717, 1.165) is 49.8 Å². The Hall–Kier alpha value is -3.04. The zero-order valence-electron chi connectivity index (χ0n) is 22.3. The number of carbonyl (C=O) groups excluding carboxylic acids is 1. The molecule has 1 aromatic heterocycles. The molecule has 0 unspecified atom stereocenters. The lowest BCUT2D eigenvalue weighted by molar-refractivity contribution is 0.0946. The van der Waals surface area contributed by atoms with Gasteiger partial charge in [0.1, 0.15) is 0 Å². The highest BCUT2D eigenvalue weighted by atomic mass is 32.1. The van der Waals surface area contributed by atoms with Gasteiger partial charge in [-0.2, -0.15) is 0 Å². The summed E-state index contributed by atoms with van der Waals surface area (Å²) in [5, 5.41) is 4.15. The summed E-state index contributed by atoms with van der Waals surface area (Å²) in [6.45, 7) is 14.4. The molecule has 37 heavy (non-hydrogen) atoms. The summed E-state index contributed by atoms with van der Waals surface area (Å²) in [7, 11) is 0. The second kappa shape index (κ2) is 13.0. The third kappa shape index (κ3) is 6.64. The van der Waals surface area contributed by atoms with Crippen molar-refractivity contribution in [2.24, 2.45) is 0 Å². The molecule has 0 bridgehead atoms. The van der Waals surface area contributed by atoms with Crippen LogP contribution in [0.5, 0.6) is 17.2 Å². The predicted octanol–water partition coefficient (Wildman–Crippen LogP) is 4.61. The third-order valence-electron chi connectivity index (χ3n) is 6.38. The molecule has 4 rings (SSSR count). The summed E-state index contributed by atoms with van der Waals surface area (Å²) in [6.07, 6.45) is 1.04. The Morgan fingerprint density at radius 1 is 0.946 bits per heavy atom. The fourth-order valence-electron chi connectivity index (χ4n) is 4.42. The van der Waals surface area contributed by atoms with E-state index in [4.69, 9.17) is 19.2 Å². The van der Waals surface area contributed by atoms with Crippen molar-refractivity contribution in [1.29, 1.82) is 0 Å². The minimum Gasteiger partial charge on any atom is -0.490 e. The van der Waals surface area contributed by atoms with Crippen molar-refractivity contribution in [2.75, 3.05) is 64.0 Å². The fourth-order valence-corrected chi connectivity index (χ4v) is 5.51. The molecular formula is C28H38N4O4S. The van der Waals surface area contributed by atoms with E-state index in [1.165, 1.54) is 10.3 Å². The number of hydrogen-bond donors (Lipinski definition) is 1. The standard InChI is InChI=1S/C28H38N4O4S/c1-5-20-9-10-22-25(17-20)37-28(30-22)32-15-13-31(14-16-32)12-11-29-27(33)21-18-23(34-6-2)26(36-8-4)24(19-21)35-7-3/h9-10,17-19H,5-8,11-16H2,1-4H3,(H,29,33). The largest absolute Gasteiger partial charge is 0.490 e. The molecule has 0 aliphatic carbocycles. The Morgan fingerprint density at radius 2 is 1.62 bits per heavy atom. The Labute approximate surface area is 223 Å². The number of rotatable bonds is 12. The van der Waals surface area contributed by atoms with Crippen LogP contribution in [0.3, 0.4) is 0 Å². The Balaban J connectivity index is 1.30. The number of amides is 1. The van der Waals surface area contributed by atoms with Crippen LogP contribution in [0.1, 0.15) is 43.6 Å². The number of aromatic nitrogens is 1. The van der Waals surface area contributed by atoms with Gasteiger partial charge >= 0.3 is 0 Å². The van der Waals surface area contributed by atoms with E-state index in [9.17, 15) is 4.79 Å². The molecule has 1 N–H and O–H groups in total. The van der Waals surface area contributed by atoms with E-state index in [2.05, 4.69) is 40.2 Å². The van der Waals surface area contributed by atoms with Gasteiger partial charge in [0, 0.05) is 44.8 Å². The van der Waals surface area contributed by atoms with Gasteiger partial charge in [-0.15, -0.1) is 0 Å². The summed E-state index contributed by atoms with van der Waals surface area (Å²) in [4.78, 5) is 22.5. The number of carbonyl (C=O) groups is 1. The van der Waals surface area contributed by atoms with Crippen LogP contribution in [0.15, 0.2) is 30.3 Å². The smallest absolute Gasteiger partial charge is 0.251 e. The molecule has 1 saturated heterocycles. The van der Waals surface area contributed by atoms with Crippen molar-refractivity contribution in [3.63, 3.8) is 0 Å². The predicted molar refractivity (Wildman–Crippen MR) is 150 cm³/mol. The number of hydrogen-bond acceptors (Lipinski definition) is 8. The monoisotopic (exact) mass is 526 g/mol. The number of thiazole rings is 1. The number of benzene rings is 2. The molecular weight excluding hydrogens is 488 g/mol. The Kier molecular flexibility index (Phi) is 9.46. The van der Waals surface area contributed by atoms with E-state index in [1.807, 2.05) is 20.8 Å². The van der Waals surface area contributed by atoms with Gasteiger partial charge in [-0.25, -0.2) is 4.98 Å². The molecule has 3 aromatic rings. The normalized spacial score (nSPS) is 14.1. The molecule has 8 nitrogen and oxygen atoms in total. The average molecular weight is 527 g/mol. The van der Waals surface area contributed by atoms with Crippen molar-refractivity contribution < 1.29 is 19.0 Å². The first-order valence-corrected chi connectivity index (χ1v) is 14.1. The summed E-state index contributed by atoms with van der Waals surface area (Å²) >= 11 is 1.78. The zero-order chi connectivity index (χ0) is 26.2. The van der Waals surface area contributed by atoms with Crippen molar-refractivity contribution in [2.45, 2.75) is 34.1 Å². The lowest BCUT2D eigenvalue weighted by Crippen LogP contribution is -2.48. The van der Waals surface area contributed by atoms with Gasteiger partial charge in [-0.05, 0) is 57.0 Å². The lowest BCUT2D eigenvalue weighted by atomic mass is 10.1. The number of ether oxygens (including phenoxy) is 3. The summed E-state index contributed by atoms with van der Waals surface area (Å²) in [6, 6.07) is 10.0. The molecule has 9 heteroatoms. The van der Waals surface area contributed by atoms with Crippen LogP contribution in [-0.2, 0) is 6.42 Å². The first kappa shape index (κ1) is 27.0. The van der Waals surface area contributed by atoms with Crippen LogP contribution >= 0.6 is 11.3 Å². The average Bonchev–Trinajstić information content (AvgIpc) is 3.34. The Morgan fingerprint density at radius 3 is 2.24 bits per heavy atom. The van der Waals surface area contributed by atoms with Gasteiger partial charge < -0.3 is 24.4 Å². The van der Waals surface area contributed by atoms with Gasteiger partial charge in [0.2, 0.25) is 5.75 Å². The van der Waals surface area contributed by atoms with Crippen LogP contribution in [0.2, 0.25) is 0 Å². The minimum absolute atomic E-state index is 0.149. The lowest BCUT2D eigenvalue weighted by Gasteiger charge is -2.34. The van der Waals surface area contributed by atoms with E-state index >= 15 is 0 Å². The van der Waals surface area contributed by atoms with Gasteiger partial charge in [-0.1, -0.05) is 24.3 Å². The van der Waals surface area contributed by atoms with Crippen LogP contribution in [0, 0.1) is 0 Å². The summed E-state index contributed by atoms with van der Waals surface area (Å²) in [5.74, 6) is 1.44. The van der Waals surface area contributed by atoms with Crippen LogP contribution in [-0.4, -0.2) is 74.9 Å². The molecule has 2 heterocycles. The molecule has 0 atom stereocenters. The molecule has 0 spiro atoms. The Bertz CT molecular complexity index is 1160. The molecule has 1 aliphatic rings. The molecule has 2 aromatic carbocycles. The molecule has 200 valence electrons. The van der Waals surface area contributed by atoms with Crippen LogP contribution in [0.4, 0.5) is 5.13 Å². The van der Waals surface area contributed by atoms with Crippen molar-refractivity contribution in [3.8, 4) is 17.2 Å². The van der Waals surface area contributed by atoms with E-state index < -0.39 is 0 Å². The van der Waals surface area contributed by atoms with Gasteiger partial charge in [-0.3, -0.25) is 9.69 Å². The van der Waals surface area contributed by atoms with Gasteiger partial charge in [0.05, 0.1) is 30.0 Å². The second-order valence-electron chi connectivity index (χ2n) is 8.84. The van der Waals surface area contributed by atoms with Crippen molar-refractivity contribution in [1.82, 2.24) is 15.2 Å². The highest BCUT2D eigenvalue weighted by Crippen LogP contribution is 2.39. The number of piperazine rings is 1. The third-order valence-corrected chi connectivity index (χ3v) is 7.46. The number of anilines is 1. The number of nitrogens with one attached hydrogen (secondary N) is 1. The minimum atomic E-state index is -0.149. The summed E-state index contributed by atoms with van der Waals surface area (Å²) < 4.78 is 18.5.